The second-order valence-electron chi connectivity index (χ2n) is 4.96. The second-order valence-corrected chi connectivity index (χ2v) is 5.35. The predicted octanol–water partition coefficient (Wildman–Crippen LogP) is 1.21. The molecule has 0 amide bonds. The lowest BCUT2D eigenvalue weighted by atomic mass is 10.1. The quantitative estimate of drug-likeness (QED) is 0.801. The van der Waals surface area contributed by atoms with Crippen LogP contribution in [0.15, 0.2) is 18.2 Å². The van der Waals surface area contributed by atoms with E-state index in [9.17, 15) is 0 Å². The van der Waals surface area contributed by atoms with Gasteiger partial charge in [0.1, 0.15) is 0 Å². The van der Waals surface area contributed by atoms with Crippen molar-refractivity contribution < 1.29 is 4.90 Å². The van der Waals surface area contributed by atoms with Gasteiger partial charge < -0.3 is 10.2 Å². The molecule has 0 aliphatic carbocycles. The smallest absolute Gasteiger partial charge is 0.182 e. The van der Waals surface area contributed by atoms with E-state index in [1.165, 1.54) is 34.7 Å². The molecular formula is C14H22N3S+. The largest absolute Gasteiger partial charge is 0.315 e. The van der Waals surface area contributed by atoms with Crippen LogP contribution >= 0.6 is 12.2 Å². The highest BCUT2D eigenvalue weighted by Gasteiger charge is 2.25. The summed E-state index contributed by atoms with van der Waals surface area (Å²) in [6, 6.07) is 6.41. The standard InChI is InChI=1S/C14H21N3S/c1-4-8-16-9-15-14(18)17(10-16)13-7-5-6-11(2)12(13)3/h5-7H,4,8-10H2,1-3H3,(H,15,18)/p+1. The number of quaternary nitrogens is 1. The zero-order chi connectivity index (χ0) is 13.1. The van der Waals surface area contributed by atoms with Crippen molar-refractivity contribution in [1.82, 2.24) is 5.32 Å². The number of rotatable bonds is 3. The molecule has 2 rings (SSSR count). The van der Waals surface area contributed by atoms with Crippen molar-refractivity contribution in [3.05, 3.63) is 29.3 Å². The molecule has 0 radical (unpaired) electrons. The van der Waals surface area contributed by atoms with Crippen molar-refractivity contribution in [3.63, 3.8) is 0 Å². The van der Waals surface area contributed by atoms with Crippen molar-refractivity contribution in [2.75, 3.05) is 24.8 Å². The van der Waals surface area contributed by atoms with E-state index in [4.69, 9.17) is 12.2 Å². The van der Waals surface area contributed by atoms with Gasteiger partial charge in [0.05, 0.1) is 12.2 Å². The molecule has 0 aromatic heterocycles. The van der Waals surface area contributed by atoms with Crippen LogP contribution in [-0.4, -0.2) is 25.0 Å². The molecule has 18 heavy (non-hydrogen) atoms. The third-order valence-corrected chi connectivity index (χ3v) is 3.95. The minimum absolute atomic E-state index is 0.851. The van der Waals surface area contributed by atoms with Crippen LogP contribution in [0.25, 0.3) is 0 Å². The number of nitrogens with one attached hydrogen (secondary N) is 2. The fourth-order valence-electron chi connectivity index (χ4n) is 2.39. The maximum absolute atomic E-state index is 5.45. The molecule has 1 saturated heterocycles. The van der Waals surface area contributed by atoms with Crippen LogP contribution in [0.4, 0.5) is 5.69 Å². The first-order valence-corrected chi connectivity index (χ1v) is 6.99. The topological polar surface area (TPSA) is 19.7 Å². The Morgan fingerprint density at radius 2 is 2.17 bits per heavy atom. The van der Waals surface area contributed by atoms with E-state index in [0.29, 0.717) is 0 Å². The van der Waals surface area contributed by atoms with E-state index >= 15 is 0 Å². The van der Waals surface area contributed by atoms with Crippen molar-refractivity contribution >= 4 is 23.0 Å². The maximum Gasteiger partial charge on any atom is 0.182 e. The highest BCUT2D eigenvalue weighted by atomic mass is 32.1. The molecule has 1 aliphatic rings. The van der Waals surface area contributed by atoms with Gasteiger partial charge in [-0.2, -0.15) is 0 Å². The van der Waals surface area contributed by atoms with Crippen molar-refractivity contribution in [1.29, 1.82) is 0 Å². The van der Waals surface area contributed by atoms with E-state index in [-0.39, 0.29) is 0 Å². The lowest BCUT2D eigenvalue weighted by molar-refractivity contribution is -0.903. The van der Waals surface area contributed by atoms with Gasteiger partial charge in [-0.15, -0.1) is 0 Å². The summed E-state index contributed by atoms with van der Waals surface area (Å²) < 4.78 is 0. The van der Waals surface area contributed by atoms with Gasteiger partial charge >= 0.3 is 0 Å². The number of nitrogens with zero attached hydrogens (tertiary/aromatic N) is 1. The summed E-state index contributed by atoms with van der Waals surface area (Å²) in [7, 11) is 0. The van der Waals surface area contributed by atoms with Crippen molar-refractivity contribution in [3.8, 4) is 0 Å². The maximum atomic E-state index is 5.45. The van der Waals surface area contributed by atoms with Crippen molar-refractivity contribution in [2.24, 2.45) is 0 Å². The molecule has 3 nitrogen and oxygen atoms in total. The summed E-state index contributed by atoms with van der Waals surface area (Å²) in [5.41, 5.74) is 3.87. The fourth-order valence-corrected chi connectivity index (χ4v) is 2.63. The molecule has 1 heterocycles. The van der Waals surface area contributed by atoms with Gasteiger partial charge in [0.15, 0.2) is 18.4 Å². The first-order valence-electron chi connectivity index (χ1n) is 6.58. The molecular weight excluding hydrogens is 242 g/mol. The van der Waals surface area contributed by atoms with Gasteiger partial charge in [-0.3, -0.25) is 4.90 Å². The van der Waals surface area contributed by atoms with Gasteiger partial charge in [0, 0.05) is 0 Å². The highest BCUT2D eigenvalue weighted by molar-refractivity contribution is 7.80. The van der Waals surface area contributed by atoms with Crippen LogP contribution in [0.1, 0.15) is 24.5 Å². The minimum Gasteiger partial charge on any atom is -0.315 e. The molecule has 1 aromatic carbocycles. The molecule has 4 heteroatoms. The number of aryl methyl sites for hydroxylation is 1. The van der Waals surface area contributed by atoms with Gasteiger partial charge in [-0.25, -0.2) is 0 Å². The monoisotopic (exact) mass is 264 g/mol. The normalized spacial score (nSPS) is 19.8. The number of hydrogen-bond acceptors (Lipinski definition) is 1. The first kappa shape index (κ1) is 13.3. The molecule has 0 bridgehead atoms. The lowest BCUT2D eigenvalue weighted by Gasteiger charge is -2.36. The Morgan fingerprint density at radius 1 is 1.39 bits per heavy atom. The first-order chi connectivity index (χ1) is 8.63. The Balaban J connectivity index is 2.24. The molecule has 0 spiro atoms. The van der Waals surface area contributed by atoms with Crippen LogP contribution in [0.5, 0.6) is 0 Å². The van der Waals surface area contributed by atoms with Gasteiger partial charge in [-0.1, -0.05) is 19.1 Å². The van der Waals surface area contributed by atoms with E-state index in [0.717, 1.165) is 18.4 Å². The molecule has 1 aromatic rings. The Bertz CT molecular complexity index is 445. The van der Waals surface area contributed by atoms with Crippen LogP contribution in [0.2, 0.25) is 0 Å². The Hall–Kier alpha value is -1.13. The fraction of sp³-hybridized carbons (Fsp3) is 0.500. The van der Waals surface area contributed by atoms with Gasteiger partial charge in [0.25, 0.3) is 0 Å². The molecule has 0 saturated carbocycles. The molecule has 1 fully saturated rings. The summed E-state index contributed by atoms with van der Waals surface area (Å²) in [6.45, 7) is 9.62. The summed E-state index contributed by atoms with van der Waals surface area (Å²) >= 11 is 5.45. The SMILES string of the molecule is CCC[NH+]1CNC(=S)N(c2cccc(C)c2C)C1. The number of benzene rings is 1. The van der Waals surface area contributed by atoms with E-state index in [1.54, 1.807) is 0 Å². The third kappa shape index (κ3) is 2.65. The van der Waals surface area contributed by atoms with E-state index in [1.807, 2.05) is 0 Å². The molecule has 98 valence electrons. The lowest BCUT2D eigenvalue weighted by Crippen LogP contribution is -3.17. The van der Waals surface area contributed by atoms with Crippen LogP contribution in [0.3, 0.4) is 0 Å². The zero-order valence-corrected chi connectivity index (χ0v) is 12.2. The summed E-state index contributed by atoms with van der Waals surface area (Å²) in [6.07, 6.45) is 1.20. The van der Waals surface area contributed by atoms with Crippen LogP contribution < -0.4 is 15.1 Å². The van der Waals surface area contributed by atoms with Gasteiger partial charge in [0.2, 0.25) is 0 Å². The highest BCUT2D eigenvalue weighted by Crippen LogP contribution is 2.22. The molecule has 1 aliphatic heterocycles. The average Bonchev–Trinajstić information content (AvgIpc) is 2.36. The predicted molar refractivity (Wildman–Crippen MR) is 80.0 cm³/mol. The summed E-state index contributed by atoms with van der Waals surface area (Å²) in [5.74, 6) is 0. The second kappa shape index (κ2) is 5.67. The Kier molecular flexibility index (Phi) is 4.19. The number of hydrogen-bond donors (Lipinski definition) is 2. The van der Waals surface area contributed by atoms with Crippen LogP contribution in [-0.2, 0) is 0 Å². The number of thiocarbonyl (C=S) groups is 1. The summed E-state index contributed by atoms with van der Waals surface area (Å²) in [4.78, 5) is 3.76. The molecule has 1 unspecified atom stereocenters. The van der Waals surface area contributed by atoms with E-state index in [2.05, 4.69) is 49.2 Å². The minimum atomic E-state index is 0.851. The van der Waals surface area contributed by atoms with Gasteiger partial charge in [-0.05, 0) is 49.7 Å². The Labute approximate surface area is 115 Å². The van der Waals surface area contributed by atoms with Crippen molar-refractivity contribution in [2.45, 2.75) is 27.2 Å². The molecule has 2 N–H and O–H groups in total. The average molecular weight is 264 g/mol. The zero-order valence-electron chi connectivity index (χ0n) is 11.4. The van der Waals surface area contributed by atoms with E-state index < -0.39 is 0 Å². The molecule has 1 atom stereocenters. The van der Waals surface area contributed by atoms with Crippen LogP contribution in [0, 0.1) is 13.8 Å². The third-order valence-electron chi connectivity index (χ3n) is 3.59. The Morgan fingerprint density at radius 3 is 2.89 bits per heavy atom. The summed E-state index contributed by atoms with van der Waals surface area (Å²) in [5, 5.41) is 4.18. The number of anilines is 1.